The van der Waals surface area contributed by atoms with E-state index in [2.05, 4.69) is 15.5 Å². The average molecular weight is 283 g/mol. The summed E-state index contributed by atoms with van der Waals surface area (Å²) in [6.45, 7) is 3.47. The van der Waals surface area contributed by atoms with E-state index in [0.717, 1.165) is 4.88 Å². The molecule has 7 heteroatoms. The molecule has 19 heavy (non-hydrogen) atoms. The number of hydrogen-bond donors (Lipinski definition) is 2. The van der Waals surface area contributed by atoms with Crippen LogP contribution in [0.3, 0.4) is 0 Å². The number of nitrogens with zero attached hydrogens (tertiary/aromatic N) is 2. The SMILES string of the molecule is Cc1noc(CNCC(O)COCc2cccs2)n1. The molecular formula is C12H17N3O3S. The summed E-state index contributed by atoms with van der Waals surface area (Å²) in [5, 5.41) is 18.4. The maximum Gasteiger partial charge on any atom is 0.240 e. The molecule has 2 aromatic heterocycles. The number of rotatable bonds is 8. The summed E-state index contributed by atoms with van der Waals surface area (Å²) >= 11 is 1.64. The Kier molecular flexibility index (Phi) is 5.46. The lowest BCUT2D eigenvalue weighted by molar-refractivity contribution is 0.0294. The number of hydrogen-bond acceptors (Lipinski definition) is 7. The van der Waals surface area contributed by atoms with Gasteiger partial charge in [0, 0.05) is 11.4 Å². The Hall–Kier alpha value is -1.28. The molecule has 0 aliphatic heterocycles. The second kappa shape index (κ2) is 7.34. The van der Waals surface area contributed by atoms with Gasteiger partial charge < -0.3 is 19.7 Å². The molecule has 2 rings (SSSR count). The number of aromatic nitrogens is 2. The van der Waals surface area contributed by atoms with E-state index < -0.39 is 6.10 Å². The summed E-state index contributed by atoms with van der Waals surface area (Å²) in [6, 6.07) is 3.99. The van der Waals surface area contributed by atoms with Crippen molar-refractivity contribution in [2.24, 2.45) is 0 Å². The Labute approximate surface area is 115 Å². The molecule has 6 nitrogen and oxygen atoms in total. The van der Waals surface area contributed by atoms with Crippen molar-refractivity contribution in [1.29, 1.82) is 0 Å². The fourth-order valence-corrected chi connectivity index (χ4v) is 2.15. The monoisotopic (exact) mass is 283 g/mol. The van der Waals surface area contributed by atoms with E-state index in [9.17, 15) is 5.11 Å². The van der Waals surface area contributed by atoms with Crippen molar-refractivity contribution in [2.45, 2.75) is 26.2 Å². The molecule has 0 bridgehead atoms. The Morgan fingerprint density at radius 3 is 3.16 bits per heavy atom. The first-order chi connectivity index (χ1) is 9.24. The van der Waals surface area contributed by atoms with Gasteiger partial charge in [0.25, 0.3) is 0 Å². The fraction of sp³-hybridized carbons (Fsp3) is 0.500. The predicted molar refractivity (Wildman–Crippen MR) is 70.7 cm³/mol. The van der Waals surface area contributed by atoms with Gasteiger partial charge in [-0.05, 0) is 18.4 Å². The van der Waals surface area contributed by atoms with Gasteiger partial charge in [-0.25, -0.2) is 0 Å². The summed E-state index contributed by atoms with van der Waals surface area (Å²) in [7, 11) is 0. The smallest absolute Gasteiger partial charge is 0.240 e. The molecule has 1 unspecified atom stereocenters. The molecule has 0 aliphatic carbocycles. The van der Waals surface area contributed by atoms with Crippen LogP contribution in [0, 0.1) is 6.92 Å². The highest BCUT2D eigenvalue weighted by Gasteiger charge is 2.06. The Morgan fingerprint density at radius 1 is 1.58 bits per heavy atom. The maximum atomic E-state index is 9.71. The fourth-order valence-electron chi connectivity index (χ4n) is 1.51. The van der Waals surface area contributed by atoms with E-state index in [0.29, 0.717) is 38.0 Å². The molecule has 0 fully saturated rings. The van der Waals surface area contributed by atoms with Crippen LogP contribution in [0.2, 0.25) is 0 Å². The highest BCUT2D eigenvalue weighted by atomic mass is 32.1. The Bertz CT molecular complexity index is 472. The maximum absolute atomic E-state index is 9.71. The quantitative estimate of drug-likeness (QED) is 0.755. The number of aryl methyl sites for hydroxylation is 1. The van der Waals surface area contributed by atoms with Crippen molar-refractivity contribution in [1.82, 2.24) is 15.5 Å². The van der Waals surface area contributed by atoms with Gasteiger partial charge in [-0.3, -0.25) is 0 Å². The normalized spacial score (nSPS) is 12.7. The van der Waals surface area contributed by atoms with Gasteiger partial charge >= 0.3 is 0 Å². The van der Waals surface area contributed by atoms with E-state index in [1.54, 1.807) is 18.3 Å². The summed E-state index contributed by atoms with van der Waals surface area (Å²) in [5.41, 5.74) is 0. The van der Waals surface area contributed by atoms with Crippen molar-refractivity contribution < 1.29 is 14.4 Å². The number of thiophene rings is 1. The minimum atomic E-state index is -0.552. The molecule has 1 atom stereocenters. The lowest BCUT2D eigenvalue weighted by Gasteiger charge is -2.10. The topological polar surface area (TPSA) is 80.4 Å². The molecule has 0 amide bonds. The van der Waals surface area contributed by atoms with Crippen LogP contribution in [0.25, 0.3) is 0 Å². The summed E-state index contributed by atoms with van der Waals surface area (Å²) < 4.78 is 10.4. The van der Waals surface area contributed by atoms with Gasteiger partial charge in [0.1, 0.15) is 0 Å². The van der Waals surface area contributed by atoms with Crippen LogP contribution in [-0.4, -0.2) is 34.5 Å². The molecule has 0 saturated heterocycles. The number of aliphatic hydroxyl groups excluding tert-OH is 1. The highest BCUT2D eigenvalue weighted by molar-refractivity contribution is 7.09. The molecule has 0 saturated carbocycles. The van der Waals surface area contributed by atoms with E-state index in [-0.39, 0.29) is 0 Å². The molecule has 0 radical (unpaired) electrons. The Balaban J connectivity index is 1.55. The number of nitrogens with one attached hydrogen (secondary N) is 1. The number of aliphatic hydroxyl groups is 1. The van der Waals surface area contributed by atoms with Crippen molar-refractivity contribution in [2.75, 3.05) is 13.2 Å². The molecule has 0 spiro atoms. The van der Waals surface area contributed by atoms with Crippen LogP contribution in [0.15, 0.2) is 22.0 Å². The zero-order chi connectivity index (χ0) is 13.5. The van der Waals surface area contributed by atoms with Gasteiger partial charge in [0.2, 0.25) is 5.89 Å². The third kappa shape index (κ3) is 5.07. The van der Waals surface area contributed by atoms with Gasteiger partial charge in [0.15, 0.2) is 5.82 Å². The lowest BCUT2D eigenvalue weighted by atomic mass is 10.3. The molecule has 104 valence electrons. The summed E-state index contributed by atoms with van der Waals surface area (Å²) in [4.78, 5) is 5.21. The van der Waals surface area contributed by atoms with Gasteiger partial charge in [0.05, 0.1) is 25.9 Å². The van der Waals surface area contributed by atoms with Crippen LogP contribution < -0.4 is 5.32 Å². The third-order valence-corrected chi connectivity index (χ3v) is 3.21. The zero-order valence-electron chi connectivity index (χ0n) is 10.7. The van der Waals surface area contributed by atoms with Crippen LogP contribution in [-0.2, 0) is 17.9 Å². The van der Waals surface area contributed by atoms with Crippen molar-refractivity contribution in [3.05, 3.63) is 34.1 Å². The lowest BCUT2D eigenvalue weighted by Crippen LogP contribution is -2.30. The van der Waals surface area contributed by atoms with E-state index in [1.807, 2.05) is 17.5 Å². The molecule has 2 N–H and O–H groups in total. The van der Waals surface area contributed by atoms with Crippen LogP contribution in [0.1, 0.15) is 16.6 Å². The minimum absolute atomic E-state index is 0.299. The highest BCUT2D eigenvalue weighted by Crippen LogP contribution is 2.09. The van der Waals surface area contributed by atoms with E-state index in [4.69, 9.17) is 9.26 Å². The minimum Gasteiger partial charge on any atom is -0.389 e. The average Bonchev–Trinajstić information content (AvgIpc) is 3.01. The molecule has 2 heterocycles. The van der Waals surface area contributed by atoms with Gasteiger partial charge in [-0.1, -0.05) is 11.2 Å². The van der Waals surface area contributed by atoms with Crippen molar-refractivity contribution in [3.63, 3.8) is 0 Å². The zero-order valence-corrected chi connectivity index (χ0v) is 11.5. The summed E-state index contributed by atoms with van der Waals surface area (Å²) in [5.74, 6) is 1.13. The first kappa shape index (κ1) is 14.1. The molecule has 0 aromatic carbocycles. The van der Waals surface area contributed by atoms with E-state index >= 15 is 0 Å². The predicted octanol–water partition coefficient (Wildman–Crippen LogP) is 1.11. The van der Waals surface area contributed by atoms with Crippen molar-refractivity contribution in [3.8, 4) is 0 Å². The molecule has 2 aromatic rings. The summed E-state index contributed by atoms with van der Waals surface area (Å²) in [6.07, 6.45) is -0.552. The van der Waals surface area contributed by atoms with Crippen LogP contribution in [0.4, 0.5) is 0 Å². The standard InChI is InChI=1S/C12H17N3O3S/c1-9-14-12(18-15-9)6-13-5-10(16)7-17-8-11-3-2-4-19-11/h2-4,10,13,16H,5-8H2,1H3. The van der Waals surface area contributed by atoms with Gasteiger partial charge in [-0.15, -0.1) is 11.3 Å². The first-order valence-corrected chi connectivity index (χ1v) is 6.90. The number of ether oxygens (including phenoxy) is 1. The van der Waals surface area contributed by atoms with Crippen molar-refractivity contribution >= 4 is 11.3 Å². The third-order valence-electron chi connectivity index (χ3n) is 2.36. The first-order valence-electron chi connectivity index (χ1n) is 6.02. The van der Waals surface area contributed by atoms with Crippen LogP contribution >= 0.6 is 11.3 Å². The second-order valence-electron chi connectivity index (χ2n) is 4.11. The Morgan fingerprint density at radius 2 is 2.47 bits per heavy atom. The molecule has 0 aliphatic rings. The van der Waals surface area contributed by atoms with Crippen LogP contribution in [0.5, 0.6) is 0 Å². The van der Waals surface area contributed by atoms with Gasteiger partial charge in [-0.2, -0.15) is 4.98 Å². The largest absolute Gasteiger partial charge is 0.389 e. The molecular weight excluding hydrogens is 266 g/mol. The second-order valence-corrected chi connectivity index (χ2v) is 5.15. The van der Waals surface area contributed by atoms with E-state index in [1.165, 1.54) is 0 Å².